The minimum Gasteiger partial charge on any atom is -0.497 e. The third-order valence-electron chi connectivity index (χ3n) is 5.19. The van der Waals surface area contributed by atoms with Gasteiger partial charge in [-0.3, -0.25) is 4.79 Å². The van der Waals surface area contributed by atoms with E-state index in [1.54, 1.807) is 7.11 Å². The van der Waals surface area contributed by atoms with Crippen molar-refractivity contribution in [3.05, 3.63) is 54.1 Å². The van der Waals surface area contributed by atoms with Gasteiger partial charge < -0.3 is 19.5 Å². The molecule has 1 aliphatic rings. The highest BCUT2D eigenvalue weighted by atomic mass is 16.5. The molecule has 0 atom stereocenters. The number of carbonyl (C=O) groups excluding carboxylic acids is 1. The average molecular weight is 392 g/mol. The zero-order valence-corrected chi connectivity index (χ0v) is 16.6. The van der Waals surface area contributed by atoms with Crippen molar-refractivity contribution in [2.75, 3.05) is 30.4 Å². The van der Waals surface area contributed by atoms with E-state index in [-0.39, 0.29) is 11.8 Å². The molecule has 7 nitrogen and oxygen atoms in total. The Balaban J connectivity index is 1.34. The van der Waals surface area contributed by atoms with Gasteiger partial charge in [-0.25, -0.2) is 0 Å². The molecule has 1 amide bonds. The Kier molecular flexibility index (Phi) is 5.46. The summed E-state index contributed by atoms with van der Waals surface area (Å²) in [5.41, 5.74) is 2.84. The van der Waals surface area contributed by atoms with E-state index < -0.39 is 0 Å². The molecule has 1 N–H and O–H groups in total. The zero-order valence-electron chi connectivity index (χ0n) is 16.6. The number of methoxy groups -OCH3 is 1. The maximum Gasteiger partial charge on any atom is 0.324 e. The van der Waals surface area contributed by atoms with Gasteiger partial charge in [0.05, 0.1) is 7.11 Å². The van der Waals surface area contributed by atoms with Crippen molar-refractivity contribution in [2.24, 2.45) is 5.92 Å². The van der Waals surface area contributed by atoms with Crippen LogP contribution in [-0.4, -0.2) is 36.2 Å². The molecule has 2 aromatic carbocycles. The fourth-order valence-electron chi connectivity index (χ4n) is 3.50. The number of nitrogens with zero attached hydrogens (tertiary/aromatic N) is 3. The quantitative estimate of drug-likeness (QED) is 0.709. The van der Waals surface area contributed by atoms with Crippen LogP contribution in [0.5, 0.6) is 5.75 Å². The molecule has 150 valence electrons. The van der Waals surface area contributed by atoms with Crippen LogP contribution in [0.15, 0.2) is 53.1 Å². The summed E-state index contributed by atoms with van der Waals surface area (Å²) in [6.07, 6.45) is 1.50. The molecule has 0 aliphatic carbocycles. The van der Waals surface area contributed by atoms with E-state index in [4.69, 9.17) is 9.26 Å². The lowest BCUT2D eigenvalue weighted by molar-refractivity contribution is -0.120. The first-order valence-electron chi connectivity index (χ1n) is 9.73. The predicted molar refractivity (Wildman–Crippen MR) is 111 cm³/mol. The van der Waals surface area contributed by atoms with Gasteiger partial charge in [-0.15, -0.1) is 0 Å². The molecule has 7 heteroatoms. The summed E-state index contributed by atoms with van der Waals surface area (Å²) >= 11 is 0. The van der Waals surface area contributed by atoms with Crippen LogP contribution in [0.2, 0.25) is 0 Å². The minimum atomic E-state index is -0.0178. The Bertz CT molecular complexity index is 976. The van der Waals surface area contributed by atoms with Gasteiger partial charge in [0.2, 0.25) is 11.7 Å². The van der Waals surface area contributed by atoms with E-state index in [1.807, 2.05) is 60.4 Å². The molecule has 0 spiro atoms. The van der Waals surface area contributed by atoms with Gasteiger partial charge in [-0.1, -0.05) is 17.3 Å². The second-order valence-corrected chi connectivity index (χ2v) is 7.25. The summed E-state index contributed by atoms with van der Waals surface area (Å²) in [5.74, 6) is 1.38. The Morgan fingerprint density at radius 3 is 2.62 bits per heavy atom. The topological polar surface area (TPSA) is 80.5 Å². The number of anilines is 2. The summed E-state index contributed by atoms with van der Waals surface area (Å²) in [5, 5.41) is 7.11. The lowest BCUT2D eigenvalue weighted by atomic mass is 9.96. The summed E-state index contributed by atoms with van der Waals surface area (Å²) in [6, 6.07) is 15.9. The standard InChI is InChI=1S/C22H24N4O3/c1-15-4-3-5-18(14-15)23-21(27)17-10-12-26(13-11-17)22-24-20(25-29-22)16-6-8-19(28-2)9-7-16/h3-9,14,17H,10-13H2,1-2H3,(H,23,27). The SMILES string of the molecule is COc1ccc(-c2noc(N3CCC(C(=O)Nc4cccc(C)c4)CC3)n2)cc1. The van der Waals surface area contributed by atoms with Crippen LogP contribution in [0.25, 0.3) is 11.4 Å². The predicted octanol–water partition coefficient (Wildman–Crippen LogP) is 3.91. The van der Waals surface area contributed by atoms with E-state index in [2.05, 4.69) is 15.5 Å². The number of rotatable bonds is 5. The number of hydrogen-bond acceptors (Lipinski definition) is 6. The lowest BCUT2D eigenvalue weighted by Crippen LogP contribution is -2.38. The number of carbonyl (C=O) groups is 1. The van der Waals surface area contributed by atoms with Gasteiger partial charge in [-0.05, 0) is 61.7 Å². The normalized spacial score (nSPS) is 14.6. The number of benzene rings is 2. The second-order valence-electron chi connectivity index (χ2n) is 7.25. The first-order chi connectivity index (χ1) is 14.1. The number of aryl methyl sites for hydroxylation is 1. The van der Waals surface area contributed by atoms with Gasteiger partial charge in [0, 0.05) is 30.3 Å². The molecule has 3 aromatic rings. The molecule has 0 radical (unpaired) electrons. The van der Waals surface area contributed by atoms with Crippen molar-refractivity contribution in [3.8, 4) is 17.1 Å². The summed E-state index contributed by atoms with van der Waals surface area (Å²) in [4.78, 5) is 19.1. The van der Waals surface area contributed by atoms with Crippen molar-refractivity contribution < 1.29 is 14.1 Å². The number of nitrogens with one attached hydrogen (secondary N) is 1. The molecule has 0 unspecified atom stereocenters. The van der Waals surface area contributed by atoms with Crippen molar-refractivity contribution in [1.29, 1.82) is 0 Å². The highest BCUT2D eigenvalue weighted by Gasteiger charge is 2.27. The Labute approximate surface area is 169 Å². The van der Waals surface area contributed by atoms with Crippen LogP contribution in [0.4, 0.5) is 11.7 Å². The van der Waals surface area contributed by atoms with Crippen molar-refractivity contribution in [1.82, 2.24) is 10.1 Å². The van der Waals surface area contributed by atoms with Gasteiger partial charge in [0.1, 0.15) is 5.75 Å². The van der Waals surface area contributed by atoms with Gasteiger partial charge in [0.25, 0.3) is 0 Å². The fourth-order valence-corrected chi connectivity index (χ4v) is 3.50. The highest BCUT2D eigenvalue weighted by Crippen LogP contribution is 2.26. The van der Waals surface area contributed by atoms with E-state index in [1.165, 1.54) is 0 Å². The maximum atomic E-state index is 12.6. The highest BCUT2D eigenvalue weighted by molar-refractivity contribution is 5.92. The van der Waals surface area contributed by atoms with Crippen molar-refractivity contribution >= 4 is 17.6 Å². The summed E-state index contributed by atoms with van der Waals surface area (Å²) in [6.45, 7) is 3.42. The molecule has 0 saturated carbocycles. The molecule has 4 rings (SSSR count). The Morgan fingerprint density at radius 2 is 1.93 bits per heavy atom. The monoisotopic (exact) mass is 392 g/mol. The van der Waals surface area contributed by atoms with Gasteiger partial charge >= 0.3 is 6.01 Å². The van der Waals surface area contributed by atoms with E-state index >= 15 is 0 Å². The molecule has 1 saturated heterocycles. The van der Waals surface area contributed by atoms with Crippen LogP contribution in [0.3, 0.4) is 0 Å². The summed E-state index contributed by atoms with van der Waals surface area (Å²) in [7, 11) is 1.63. The molecule has 29 heavy (non-hydrogen) atoms. The van der Waals surface area contributed by atoms with Crippen molar-refractivity contribution in [2.45, 2.75) is 19.8 Å². The van der Waals surface area contributed by atoms with E-state index in [0.29, 0.717) is 24.9 Å². The molecule has 2 heterocycles. The number of piperidine rings is 1. The van der Waals surface area contributed by atoms with Crippen LogP contribution >= 0.6 is 0 Å². The maximum absolute atomic E-state index is 12.6. The third kappa shape index (κ3) is 4.39. The molecule has 1 fully saturated rings. The smallest absolute Gasteiger partial charge is 0.324 e. The van der Waals surface area contributed by atoms with Crippen LogP contribution in [0.1, 0.15) is 18.4 Å². The average Bonchev–Trinajstić information content (AvgIpc) is 3.24. The van der Waals surface area contributed by atoms with E-state index in [0.717, 1.165) is 35.4 Å². The lowest BCUT2D eigenvalue weighted by Gasteiger charge is -2.29. The fraction of sp³-hybridized carbons (Fsp3) is 0.318. The first kappa shape index (κ1) is 19.0. The van der Waals surface area contributed by atoms with Crippen LogP contribution in [0, 0.1) is 12.8 Å². The van der Waals surface area contributed by atoms with Gasteiger partial charge in [-0.2, -0.15) is 4.98 Å². The van der Waals surface area contributed by atoms with Crippen molar-refractivity contribution in [3.63, 3.8) is 0 Å². The zero-order chi connectivity index (χ0) is 20.2. The summed E-state index contributed by atoms with van der Waals surface area (Å²) < 4.78 is 10.6. The number of aromatic nitrogens is 2. The number of amides is 1. The Morgan fingerprint density at radius 1 is 1.17 bits per heavy atom. The largest absolute Gasteiger partial charge is 0.497 e. The first-order valence-corrected chi connectivity index (χ1v) is 9.73. The van der Waals surface area contributed by atoms with E-state index in [9.17, 15) is 4.79 Å². The number of ether oxygens (including phenoxy) is 1. The molecule has 1 aromatic heterocycles. The van der Waals surface area contributed by atoms with Crippen LogP contribution in [-0.2, 0) is 4.79 Å². The molecule has 0 bridgehead atoms. The Hall–Kier alpha value is -3.35. The molecular formula is C22H24N4O3. The van der Waals surface area contributed by atoms with Crippen LogP contribution < -0.4 is 15.0 Å². The molecule has 1 aliphatic heterocycles. The third-order valence-corrected chi connectivity index (χ3v) is 5.19. The minimum absolute atomic E-state index is 0.0178. The van der Waals surface area contributed by atoms with Gasteiger partial charge in [0.15, 0.2) is 0 Å². The molecular weight excluding hydrogens is 368 g/mol. The number of hydrogen-bond donors (Lipinski definition) is 1. The second kappa shape index (κ2) is 8.34.